The first kappa shape index (κ1) is 17.0. The zero-order chi connectivity index (χ0) is 19.1. The second kappa shape index (κ2) is 6.78. The van der Waals surface area contributed by atoms with E-state index < -0.39 is 0 Å². The molecule has 1 aliphatic carbocycles. The fourth-order valence-corrected chi connectivity index (χ4v) is 4.11. The number of aromatic amines is 1. The molecule has 1 amide bonds. The molecule has 0 fully saturated rings. The number of rotatable bonds is 3. The van der Waals surface area contributed by atoms with Gasteiger partial charge in [-0.1, -0.05) is 30.3 Å². The number of carbonyl (C=O) groups excluding carboxylic acids is 1. The van der Waals surface area contributed by atoms with Crippen LogP contribution in [0.4, 0.5) is 0 Å². The molecule has 1 N–H and O–H groups in total. The Morgan fingerprint density at radius 1 is 1.18 bits per heavy atom. The van der Waals surface area contributed by atoms with Gasteiger partial charge in [0.1, 0.15) is 17.0 Å². The zero-order valence-corrected chi connectivity index (χ0v) is 15.5. The minimum absolute atomic E-state index is 0.228. The summed E-state index contributed by atoms with van der Waals surface area (Å²) in [7, 11) is 0. The lowest BCUT2D eigenvalue weighted by atomic mass is 10.1. The van der Waals surface area contributed by atoms with Gasteiger partial charge in [0.2, 0.25) is 0 Å². The van der Waals surface area contributed by atoms with Crippen LogP contribution in [0.5, 0.6) is 0 Å². The Labute approximate surface area is 162 Å². The van der Waals surface area contributed by atoms with E-state index in [1.165, 1.54) is 0 Å². The fourth-order valence-electron chi connectivity index (χ4n) is 4.11. The molecule has 2 aliphatic rings. The highest BCUT2D eigenvalue weighted by Gasteiger charge is 2.28. The molecule has 3 heterocycles. The number of amides is 1. The van der Waals surface area contributed by atoms with Crippen LogP contribution in [-0.2, 0) is 32.2 Å². The molecule has 28 heavy (non-hydrogen) atoms. The summed E-state index contributed by atoms with van der Waals surface area (Å²) in [4.78, 5) is 34.5. The van der Waals surface area contributed by atoms with Gasteiger partial charge in [0, 0.05) is 25.1 Å². The molecule has 6 nitrogen and oxygen atoms in total. The number of nitrogens with zero attached hydrogens (tertiary/aromatic N) is 2. The van der Waals surface area contributed by atoms with Crippen LogP contribution in [0.3, 0.4) is 0 Å². The normalized spacial score (nSPS) is 15.4. The predicted octanol–water partition coefficient (Wildman–Crippen LogP) is 2.64. The third-order valence-corrected chi connectivity index (χ3v) is 5.58. The van der Waals surface area contributed by atoms with Crippen molar-refractivity contribution in [3.63, 3.8) is 0 Å². The number of aromatic nitrogens is 2. The summed E-state index contributed by atoms with van der Waals surface area (Å²) in [5, 5.41) is 0. The van der Waals surface area contributed by atoms with Crippen molar-refractivity contribution < 1.29 is 9.21 Å². The van der Waals surface area contributed by atoms with E-state index in [2.05, 4.69) is 9.97 Å². The fraction of sp³-hybridized carbons (Fsp3) is 0.318. The molecular weight excluding hydrogens is 354 g/mol. The average molecular weight is 375 g/mol. The Morgan fingerprint density at radius 3 is 2.89 bits per heavy atom. The second-order valence-electron chi connectivity index (χ2n) is 7.49. The van der Waals surface area contributed by atoms with Crippen molar-refractivity contribution in [3.8, 4) is 0 Å². The predicted molar refractivity (Wildman–Crippen MR) is 103 cm³/mol. The monoisotopic (exact) mass is 375 g/mol. The Morgan fingerprint density at radius 2 is 2.04 bits per heavy atom. The molecule has 2 aromatic heterocycles. The summed E-state index contributed by atoms with van der Waals surface area (Å²) < 4.78 is 5.91. The van der Waals surface area contributed by atoms with Gasteiger partial charge in [0.25, 0.3) is 11.5 Å². The van der Waals surface area contributed by atoms with Gasteiger partial charge < -0.3 is 14.3 Å². The summed E-state index contributed by atoms with van der Waals surface area (Å²) in [6.45, 7) is 0.908. The number of oxazole rings is 1. The highest BCUT2D eigenvalue weighted by atomic mass is 16.4. The molecule has 0 saturated heterocycles. The molecule has 0 saturated carbocycles. The largest absolute Gasteiger partial charge is 0.445 e. The zero-order valence-electron chi connectivity index (χ0n) is 15.5. The molecule has 0 radical (unpaired) electrons. The van der Waals surface area contributed by atoms with Crippen LogP contribution >= 0.6 is 0 Å². The highest BCUT2D eigenvalue weighted by molar-refractivity contribution is 5.94. The molecule has 0 unspecified atom stereocenters. The number of nitrogens with one attached hydrogen (secondary N) is 1. The van der Waals surface area contributed by atoms with Crippen LogP contribution in [0, 0.1) is 0 Å². The summed E-state index contributed by atoms with van der Waals surface area (Å²) in [6, 6.07) is 11.8. The SMILES string of the molecule is O=C(c1cc2c([nH]c1=O)CCC2)N1CCc2oc(Cc3ccccc3)nc2C1. The van der Waals surface area contributed by atoms with Gasteiger partial charge in [-0.15, -0.1) is 0 Å². The van der Waals surface area contributed by atoms with E-state index in [-0.39, 0.29) is 17.0 Å². The molecule has 1 aromatic carbocycles. The summed E-state index contributed by atoms with van der Waals surface area (Å²) in [6.07, 6.45) is 4.08. The minimum Gasteiger partial charge on any atom is -0.445 e. The van der Waals surface area contributed by atoms with Crippen molar-refractivity contribution >= 4 is 5.91 Å². The standard InChI is InChI=1S/C22H21N3O3/c26-21-16(12-15-7-4-8-17(15)24-21)22(27)25-10-9-19-18(13-25)23-20(28-19)11-14-5-2-1-3-6-14/h1-3,5-6,12H,4,7-11,13H2,(H,24,26). The molecule has 5 rings (SSSR count). The quantitative estimate of drug-likeness (QED) is 0.763. The number of H-pyrrole nitrogens is 1. The van der Waals surface area contributed by atoms with Crippen LogP contribution in [0.2, 0.25) is 0 Å². The van der Waals surface area contributed by atoms with Gasteiger partial charge in [-0.25, -0.2) is 4.98 Å². The average Bonchev–Trinajstić information content (AvgIpc) is 3.32. The number of fused-ring (bicyclic) bond motifs is 2. The first-order chi connectivity index (χ1) is 13.7. The van der Waals surface area contributed by atoms with Crippen LogP contribution in [-0.4, -0.2) is 27.3 Å². The third-order valence-electron chi connectivity index (χ3n) is 5.58. The number of pyridine rings is 1. The van der Waals surface area contributed by atoms with Crippen LogP contribution in [0.1, 0.15) is 50.9 Å². The van der Waals surface area contributed by atoms with Gasteiger partial charge >= 0.3 is 0 Å². The van der Waals surface area contributed by atoms with Crippen LogP contribution in [0.25, 0.3) is 0 Å². The third kappa shape index (κ3) is 3.05. The van der Waals surface area contributed by atoms with Gasteiger partial charge in [-0.05, 0) is 36.5 Å². The first-order valence-corrected chi connectivity index (χ1v) is 9.73. The highest BCUT2D eigenvalue weighted by Crippen LogP contribution is 2.24. The van der Waals surface area contributed by atoms with E-state index in [0.717, 1.165) is 47.5 Å². The van der Waals surface area contributed by atoms with Gasteiger partial charge in [0.15, 0.2) is 5.89 Å². The molecule has 3 aromatic rings. The number of hydrogen-bond donors (Lipinski definition) is 1. The van der Waals surface area contributed by atoms with Gasteiger partial charge in [-0.3, -0.25) is 9.59 Å². The maximum atomic E-state index is 13.0. The van der Waals surface area contributed by atoms with Crippen LogP contribution in [0.15, 0.2) is 45.6 Å². The lowest BCUT2D eigenvalue weighted by Gasteiger charge is -2.25. The maximum absolute atomic E-state index is 13.0. The first-order valence-electron chi connectivity index (χ1n) is 9.73. The van der Waals surface area contributed by atoms with E-state index >= 15 is 0 Å². The lowest BCUT2D eigenvalue weighted by molar-refractivity contribution is 0.0726. The van der Waals surface area contributed by atoms with E-state index in [4.69, 9.17) is 4.42 Å². The summed E-state index contributed by atoms with van der Waals surface area (Å²) >= 11 is 0. The van der Waals surface area contributed by atoms with Crippen molar-refractivity contribution in [2.24, 2.45) is 0 Å². The summed E-state index contributed by atoms with van der Waals surface area (Å²) in [5.74, 6) is 1.29. The van der Waals surface area contributed by atoms with Gasteiger partial charge in [-0.2, -0.15) is 0 Å². The second-order valence-corrected chi connectivity index (χ2v) is 7.49. The Balaban J connectivity index is 1.36. The molecule has 0 bridgehead atoms. The van der Waals surface area contributed by atoms with Crippen molar-refractivity contribution in [1.29, 1.82) is 0 Å². The maximum Gasteiger partial charge on any atom is 0.261 e. The Kier molecular flexibility index (Phi) is 4.11. The van der Waals surface area contributed by atoms with E-state index in [1.807, 2.05) is 30.3 Å². The van der Waals surface area contributed by atoms with Crippen molar-refractivity contribution in [2.45, 2.75) is 38.6 Å². The lowest BCUT2D eigenvalue weighted by Crippen LogP contribution is -2.38. The number of aryl methyl sites for hydroxylation is 2. The van der Waals surface area contributed by atoms with Crippen molar-refractivity contribution in [2.75, 3.05) is 6.54 Å². The molecule has 6 heteroatoms. The van der Waals surface area contributed by atoms with E-state index in [1.54, 1.807) is 11.0 Å². The molecule has 1 aliphatic heterocycles. The van der Waals surface area contributed by atoms with E-state index in [9.17, 15) is 9.59 Å². The molecule has 0 atom stereocenters. The molecule has 0 spiro atoms. The topological polar surface area (TPSA) is 79.2 Å². The Hall–Kier alpha value is -3.15. The number of hydrogen-bond acceptors (Lipinski definition) is 4. The van der Waals surface area contributed by atoms with Gasteiger partial charge in [0.05, 0.1) is 6.54 Å². The molecular formula is C22H21N3O3. The number of benzene rings is 1. The van der Waals surface area contributed by atoms with Crippen molar-refractivity contribution in [1.82, 2.24) is 14.9 Å². The minimum atomic E-state index is -0.290. The summed E-state index contributed by atoms with van der Waals surface area (Å²) in [5.41, 5.74) is 3.94. The number of carbonyl (C=O) groups is 1. The smallest absolute Gasteiger partial charge is 0.261 e. The van der Waals surface area contributed by atoms with Crippen LogP contribution < -0.4 is 5.56 Å². The van der Waals surface area contributed by atoms with Crippen molar-refractivity contribution in [3.05, 3.63) is 86.5 Å². The van der Waals surface area contributed by atoms with E-state index in [0.29, 0.717) is 31.8 Å². The molecule has 142 valence electrons. The Bertz CT molecular complexity index is 1100.